The quantitative estimate of drug-likeness (QED) is 0.851. The van der Waals surface area contributed by atoms with Gasteiger partial charge in [-0.15, -0.1) is 11.3 Å². The lowest BCUT2D eigenvalue weighted by Gasteiger charge is -2.39. The van der Waals surface area contributed by atoms with Crippen LogP contribution in [0.4, 0.5) is 0 Å². The van der Waals surface area contributed by atoms with Gasteiger partial charge in [0.2, 0.25) is 0 Å². The van der Waals surface area contributed by atoms with Gasteiger partial charge in [-0.2, -0.15) is 0 Å². The highest BCUT2D eigenvalue weighted by atomic mass is 32.1. The van der Waals surface area contributed by atoms with Gasteiger partial charge in [-0.1, -0.05) is 13.8 Å². The number of rotatable bonds is 4. The summed E-state index contributed by atoms with van der Waals surface area (Å²) in [5, 5.41) is 3.36. The Balaban J connectivity index is 2.04. The van der Waals surface area contributed by atoms with Crippen molar-refractivity contribution in [3.63, 3.8) is 0 Å². The molecule has 15 heavy (non-hydrogen) atoms. The molecular formula is C11H18N2OS. The van der Waals surface area contributed by atoms with Crippen LogP contribution in [0, 0.1) is 5.41 Å². The molecule has 2 N–H and O–H groups in total. The molecule has 0 bridgehead atoms. The van der Waals surface area contributed by atoms with Gasteiger partial charge in [0.15, 0.2) is 0 Å². The highest BCUT2D eigenvalue weighted by molar-refractivity contribution is 7.09. The Hall–Kier alpha value is -0.450. The monoisotopic (exact) mass is 226 g/mol. The minimum absolute atomic E-state index is 0.173. The van der Waals surface area contributed by atoms with E-state index in [4.69, 9.17) is 10.5 Å². The van der Waals surface area contributed by atoms with E-state index in [2.05, 4.69) is 24.2 Å². The maximum Gasteiger partial charge on any atom is 0.0936 e. The molecular weight excluding hydrogens is 208 g/mol. The summed E-state index contributed by atoms with van der Waals surface area (Å²) in [7, 11) is 0. The number of nitrogens with two attached hydrogens (primary N) is 1. The molecule has 0 radical (unpaired) electrons. The van der Waals surface area contributed by atoms with Crippen LogP contribution in [0.25, 0.3) is 0 Å². The van der Waals surface area contributed by atoms with Crippen molar-refractivity contribution in [1.82, 2.24) is 4.98 Å². The first-order chi connectivity index (χ1) is 7.15. The first kappa shape index (κ1) is 11.0. The van der Waals surface area contributed by atoms with Crippen LogP contribution < -0.4 is 5.73 Å². The summed E-state index contributed by atoms with van der Waals surface area (Å²) in [6, 6.07) is 0. The molecule has 1 aromatic rings. The molecule has 0 spiro atoms. The van der Waals surface area contributed by atoms with Crippen molar-refractivity contribution in [2.75, 3.05) is 19.8 Å². The molecule has 0 atom stereocenters. The van der Waals surface area contributed by atoms with Crippen LogP contribution in [0.5, 0.6) is 0 Å². The van der Waals surface area contributed by atoms with E-state index in [9.17, 15) is 0 Å². The smallest absolute Gasteiger partial charge is 0.0936 e. The SMILES string of the molecule is CC(C)c1csc(CC2(CN)COC2)n1. The second-order valence-corrected chi connectivity index (χ2v) is 5.64. The van der Waals surface area contributed by atoms with Crippen LogP contribution in [0.3, 0.4) is 0 Å². The second kappa shape index (κ2) is 4.20. The Morgan fingerprint density at radius 3 is 2.73 bits per heavy atom. The van der Waals surface area contributed by atoms with E-state index in [1.807, 2.05) is 0 Å². The van der Waals surface area contributed by atoms with Crippen molar-refractivity contribution in [3.05, 3.63) is 16.1 Å². The Labute approximate surface area is 94.7 Å². The molecule has 1 aliphatic heterocycles. The fraction of sp³-hybridized carbons (Fsp3) is 0.727. The topological polar surface area (TPSA) is 48.1 Å². The molecule has 0 amide bonds. The standard InChI is InChI=1S/C11H18N2OS/c1-8(2)9-4-15-10(13-9)3-11(5-12)6-14-7-11/h4,8H,3,5-7,12H2,1-2H3. The number of hydrogen-bond acceptors (Lipinski definition) is 4. The Kier molecular flexibility index (Phi) is 3.09. The molecule has 0 aromatic carbocycles. The van der Waals surface area contributed by atoms with Crippen LogP contribution in [0.1, 0.15) is 30.5 Å². The van der Waals surface area contributed by atoms with E-state index in [0.717, 1.165) is 19.6 Å². The Bertz CT molecular complexity index is 326. The summed E-state index contributed by atoms with van der Waals surface area (Å²) in [6.07, 6.45) is 0.973. The third kappa shape index (κ3) is 2.22. The molecule has 0 saturated carbocycles. The fourth-order valence-corrected chi connectivity index (χ4v) is 2.80. The van der Waals surface area contributed by atoms with Crippen LogP contribution in [0.2, 0.25) is 0 Å². The van der Waals surface area contributed by atoms with E-state index in [-0.39, 0.29) is 5.41 Å². The minimum Gasteiger partial charge on any atom is -0.380 e. The molecule has 3 nitrogen and oxygen atoms in total. The van der Waals surface area contributed by atoms with Crippen molar-refractivity contribution in [2.24, 2.45) is 11.1 Å². The highest BCUT2D eigenvalue weighted by Crippen LogP contribution is 2.32. The summed E-state index contributed by atoms with van der Waals surface area (Å²) in [5.41, 5.74) is 7.15. The van der Waals surface area contributed by atoms with E-state index in [1.165, 1.54) is 10.7 Å². The number of thiazole rings is 1. The second-order valence-electron chi connectivity index (χ2n) is 4.69. The van der Waals surface area contributed by atoms with Crippen LogP contribution in [0.15, 0.2) is 5.38 Å². The lowest BCUT2D eigenvalue weighted by atomic mass is 9.83. The summed E-state index contributed by atoms with van der Waals surface area (Å²) in [4.78, 5) is 4.63. The lowest BCUT2D eigenvalue weighted by molar-refractivity contribution is -0.106. The van der Waals surface area contributed by atoms with E-state index >= 15 is 0 Å². The molecule has 1 saturated heterocycles. The first-order valence-corrected chi connectivity index (χ1v) is 6.25. The summed E-state index contributed by atoms with van der Waals surface area (Å²) < 4.78 is 5.25. The van der Waals surface area contributed by atoms with Crippen LogP contribution in [-0.4, -0.2) is 24.7 Å². The van der Waals surface area contributed by atoms with Gasteiger partial charge in [0.05, 0.1) is 23.9 Å². The molecule has 84 valence electrons. The molecule has 0 unspecified atom stereocenters. The number of aromatic nitrogens is 1. The molecule has 2 rings (SSSR count). The van der Waals surface area contributed by atoms with Gasteiger partial charge in [-0.25, -0.2) is 4.98 Å². The van der Waals surface area contributed by atoms with Gasteiger partial charge in [0.25, 0.3) is 0 Å². The van der Waals surface area contributed by atoms with Crippen molar-refractivity contribution in [3.8, 4) is 0 Å². The Morgan fingerprint density at radius 2 is 2.33 bits per heavy atom. The number of nitrogens with zero attached hydrogens (tertiary/aromatic N) is 1. The molecule has 1 fully saturated rings. The zero-order valence-corrected chi connectivity index (χ0v) is 10.1. The third-order valence-electron chi connectivity index (χ3n) is 2.94. The van der Waals surface area contributed by atoms with Gasteiger partial charge in [0, 0.05) is 23.8 Å². The molecule has 1 aromatic heterocycles. The predicted octanol–water partition coefficient (Wildman–Crippen LogP) is 1.78. The van der Waals surface area contributed by atoms with Gasteiger partial charge in [-0.05, 0) is 5.92 Å². The van der Waals surface area contributed by atoms with Gasteiger partial charge in [-0.3, -0.25) is 0 Å². The zero-order chi connectivity index (χ0) is 10.9. The summed E-state index contributed by atoms with van der Waals surface area (Å²) >= 11 is 1.75. The Morgan fingerprint density at radius 1 is 1.60 bits per heavy atom. The number of hydrogen-bond donors (Lipinski definition) is 1. The molecule has 0 aliphatic carbocycles. The molecule has 1 aliphatic rings. The van der Waals surface area contributed by atoms with Crippen LogP contribution >= 0.6 is 11.3 Å². The van der Waals surface area contributed by atoms with Gasteiger partial charge in [0.1, 0.15) is 0 Å². The highest BCUT2D eigenvalue weighted by Gasteiger charge is 2.38. The van der Waals surface area contributed by atoms with E-state index < -0.39 is 0 Å². The molecule has 2 heterocycles. The summed E-state index contributed by atoms with van der Waals surface area (Å²) in [5.74, 6) is 0.515. The van der Waals surface area contributed by atoms with Crippen molar-refractivity contribution in [2.45, 2.75) is 26.2 Å². The van der Waals surface area contributed by atoms with Crippen molar-refractivity contribution < 1.29 is 4.74 Å². The predicted molar refractivity (Wildman–Crippen MR) is 62.2 cm³/mol. The molecule has 4 heteroatoms. The van der Waals surface area contributed by atoms with Gasteiger partial charge < -0.3 is 10.5 Å². The largest absolute Gasteiger partial charge is 0.380 e. The normalized spacial score (nSPS) is 19.2. The summed E-state index contributed by atoms with van der Waals surface area (Å²) in [6.45, 7) is 6.62. The maximum atomic E-state index is 5.78. The van der Waals surface area contributed by atoms with E-state index in [1.54, 1.807) is 11.3 Å². The number of ether oxygens (including phenoxy) is 1. The van der Waals surface area contributed by atoms with Crippen molar-refractivity contribution >= 4 is 11.3 Å². The first-order valence-electron chi connectivity index (χ1n) is 5.37. The zero-order valence-electron chi connectivity index (χ0n) is 9.32. The van der Waals surface area contributed by atoms with E-state index in [0.29, 0.717) is 12.5 Å². The third-order valence-corrected chi connectivity index (χ3v) is 3.80. The van der Waals surface area contributed by atoms with Crippen LogP contribution in [-0.2, 0) is 11.2 Å². The van der Waals surface area contributed by atoms with Gasteiger partial charge >= 0.3 is 0 Å². The van der Waals surface area contributed by atoms with Crippen molar-refractivity contribution in [1.29, 1.82) is 0 Å². The fourth-order valence-electron chi connectivity index (χ4n) is 1.68. The average molecular weight is 226 g/mol. The average Bonchev–Trinajstić information content (AvgIpc) is 2.59. The lowest BCUT2D eigenvalue weighted by Crippen LogP contribution is -2.49. The minimum atomic E-state index is 0.173. The maximum absolute atomic E-state index is 5.78.